The monoisotopic (exact) mass is 322 g/mol. The summed E-state index contributed by atoms with van der Waals surface area (Å²) in [5.41, 5.74) is 3.25. The summed E-state index contributed by atoms with van der Waals surface area (Å²) >= 11 is 0. The van der Waals surface area contributed by atoms with E-state index in [9.17, 15) is 0 Å². The summed E-state index contributed by atoms with van der Waals surface area (Å²) in [4.78, 5) is 0. The second kappa shape index (κ2) is 7.48. The molecule has 0 saturated heterocycles. The molecule has 0 aromatic rings. The van der Waals surface area contributed by atoms with E-state index in [2.05, 4.69) is 67.5 Å². The van der Waals surface area contributed by atoms with E-state index >= 15 is 0 Å². The summed E-state index contributed by atoms with van der Waals surface area (Å²) in [5, 5.41) is 0. The Balaban J connectivity index is 2.96. The quantitative estimate of drug-likeness (QED) is 0.465. The van der Waals surface area contributed by atoms with Crippen LogP contribution < -0.4 is 0 Å². The summed E-state index contributed by atoms with van der Waals surface area (Å²) < 4.78 is 6.70. The molecular weight excluding hydrogens is 284 g/mol. The fourth-order valence-electron chi connectivity index (χ4n) is 3.85. The molecule has 0 aromatic carbocycles. The highest BCUT2D eigenvalue weighted by molar-refractivity contribution is 6.73. The minimum Gasteiger partial charge on any atom is -0.409 e. The lowest BCUT2D eigenvalue weighted by atomic mass is 9.72. The van der Waals surface area contributed by atoms with Crippen molar-refractivity contribution >= 4 is 8.32 Å². The van der Waals surface area contributed by atoms with Crippen LogP contribution in [0.15, 0.2) is 23.3 Å². The second-order valence-corrected chi connectivity index (χ2v) is 12.9. The fourth-order valence-corrected chi connectivity index (χ4v) is 6.97. The van der Waals surface area contributed by atoms with Gasteiger partial charge in [-0.2, -0.15) is 0 Å². The zero-order chi connectivity index (χ0) is 17.0. The molecule has 0 heterocycles. The van der Waals surface area contributed by atoms with E-state index in [0.717, 1.165) is 0 Å². The largest absolute Gasteiger partial charge is 0.409 e. The first-order valence-electron chi connectivity index (χ1n) is 9.21. The van der Waals surface area contributed by atoms with E-state index < -0.39 is 8.32 Å². The van der Waals surface area contributed by atoms with Gasteiger partial charge < -0.3 is 4.43 Å². The van der Waals surface area contributed by atoms with E-state index in [0.29, 0.717) is 5.41 Å². The van der Waals surface area contributed by atoms with Crippen molar-refractivity contribution in [1.29, 1.82) is 0 Å². The number of hydrogen-bond donors (Lipinski definition) is 0. The average Bonchev–Trinajstić information content (AvgIpc) is 2.43. The fraction of sp³-hybridized carbons (Fsp3) is 0.800. The first kappa shape index (κ1) is 19.7. The van der Waals surface area contributed by atoms with Crippen molar-refractivity contribution in [3.8, 4) is 0 Å². The van der Waals surface area contributed by atoms with Gasteiger partial charge in [0, 0.05) is 0 Å². The minimum atomic E-state index is -1.56. The van der Waals surface area contributed by atoms with Crippen molar-refractivity contribution in [3.05, 3.63) is 23.3 Å². The molecule has 0 unspecified atom stereocenters. The molecule has 1 aliphatic carbocycles. The maximum atomic E-state index is 6.70. The highest BCUT2D eigenvalue weighted by atomic mass is 28.4. The van der Waals surface area contributed by atoms with Gasteiger partial charge >= 0.3 is 0 Å². The van der Waals surface area contributed by atoms with Crippen LogP contribution in [0.1, 0.15) is 74.7 Å². The SMILES string of the molecule is CC[Si](CC)(CC)OC(C)(C)/C=C\C1=C(C)CCCC1(C)C. The smallest absolute Gasteiger partial charge is 0.193 e. The Morgan fingerprint density at radius 3 is 2.14 bits per heavy atom. The molecule has 128 valence electrons. The predicted octanol–water partition coefficient (Wildman–Crippen LogP) is 6.87. The van der Waals surface area contributed by atoms with Gasteiger partial charge in [-0.05, 0) is 69.2 Å². The van der Waals surface area contributed by atoms with Crippen LogP contribution in [0, 0.1) is 5.41 Å². The molecule has 1 nitrogen and oxygen atoms in total. The van der Waals surface area contributed by atoms with Crippen molar-refractivity contribution in [2.45, 2.75) is 98.4 Å². The molecule has 0 atom stereocenters. The number of hydrogen-bond acceptors (Lipinski definition) is 1. The summed E-state index contributed by atoms with van der Waals surface area (Å²) in [6, 6.07) is 3.64. The topological polar surface area (TPSA) is 9.23 Å². The summed E-state index contributed by atoms with van der Waals surface area (Å²) in [6.45, 7) is 18.4. The maximum Gasteiger partial charge on any atom is 0.193 e. The van der Waals surface area contributed by atoms with Crippen molar-refractivity contribution in [2.75, 3.05) is 0 Å². The Morgan fingerprint density at radius 1 is 1.14 bits per heavy atom. The lowest BCUT2D eigenvalue weighted by molar-refractivity contribution is 0.146. The normalized spacial score (nSPS) is 20.0. The van der Waals surface area contributed by atoms with Crippen LogP contribution in [-0.2, 0) is 4.43 Å². The Kier molecular flexibility index (Phi) is 6.70. The van der Waals surface area contributed by atoms with Crippen molar-refractivity contribution < 1.29 is 4.43 Å². The van der Waals surface area contributed by atoms with Gasteiger partial charge in [0.15, 0.2) is 8.32 Å². The van der Waals surface area contributed by atoms with E-state index in [1.54, 1.807) is 5.57 Å². The van der Waals surface area contributed by atoms with Crippen LogP contribution >= 0.6 is 0 Å². The van der Waals surface area contributed by atoms with E-state index in [1.807, 2.05) is 0 Å². The van der Waals surface area contributed by atoms with Crippen LogP contribution in [0.5, 0.6) is 0 Å². The second-order valence-electron chi connectivity index (χ2n) is 8.21. The van der Waals surface area contributed by atoms with Crippen LogP contribution in [0.3, 0.4) is 0 Å². The molecule has 22 heavy (non-hydrogen) atoms. The third-order valence-electron chi connectivity index (χ3n) is 5.61. The summed E-state index contributed by atoms with van der Waals surface area (Å²) in [6.07, 6.45) is 8.56. The Morgan fingerprint density at radius 2 is 1.68 bits per heavy atom. The van der Waals surface area contributed by atoms with Gasteiger partial charge in [-0.3, -0.25) is 0 Å². The molecule has 0 bridgehead atoms. The van der Waals surface area contributed by atoms with Crippen LogP contribution in [0.25, 0.3) is 0 Å². The van der Waals surface area contributed by atoms with Crippen LogP contribution in [0.4, 0.5) is 0 Å². The lowest BCUT2D eigenvalue weighted by Crippen LogP contribution is -2.43. The van der Waals surface area contributed by atoms with Gasteiger partial charge in [0.2, 0.25) is 0 Å². The number of rotatable bonds is 7. The molecule has 0 saturated carbocycles. The van der Waals surface area contributed by atoms with Gasteiger partial charge in [-0.15, -0.1) is 0 Å². The van der Waals surface area contributed by atoms with E-state index in [4.69, 9.17) is 4.43 Å². The van der Waals surface area contributed by atoms with Crippen LogP contribution in [-0.4, -0.2) is 13.9 Å². The van der Waals surface area contributed by atoms with Crippen molar-refractivity contribution in [3.63, 3.8) is 0 Å². The molecule has 0 fully saturated rings. The molecule has 0 radical (unpaired) electrons. The lowest BCUT2D eigenvalue weighted by Gasteiger charge is -2.37. The third-order valence-corrected chi connectivity index (χ3v) is 10.4. The first-order valence-corrected chi connectivity index (χ1v) is 11.7. The zero-order valence-electron chi connectivity index (χ0n) is 16.3. The van der Waals surface area contributed by atoms with Gasteiger partial charge in [0.05, 0.1) is 5.60 Å². The minimum absolute atomic E-state index is 0.158. The van der Waals surface area contributed by atoms with E-state index in [1.165, 1.54) is 43.0 Å². The summed E-state index contributed by atoms with van der Waals surface area (Å²) in [5.74, 6) is 0. The molecule has 2 heteroatoms. The zero-order valence-corrected chi connectivity index (χ0v) is 17.3. The first-order chi connectivity index (χ1) is 10.1. The third kappa shape index (κ3) is 4.83. The van der Waals surface area contributed by atoms with Crippen LogP contribution in [0.2, 0.25) is 18.1 Å². The van der Waals surface area contributed by atoms with E-state index in [-0.39, 0.29) is 5.60 Å². The van der Waals surface area contributed by atoms with Crippen molar-refractivity contribution in [1.82, 2.24) is 0 Å². The molecule has 0 N–H and O–H groups in total. The molecule has 0 amide bonds. The van der Waals surface area contributed by atoms with Gasteiger partial charge in [0.25, 0.3) is 0 Å². The molecule has 0 aliphatic heterocycles. The van der Waals surface area contributed by atoms with Gasteiger partial charge in [-0.1, -0.05) is 52.3 Å². The standard InChI is InChI=1S/C20H38OSi/c1-9-22(10-2,11-3)21-20(7,8)16-14-18-17(4)13-12-15-19(18,5)6/h14,16H,9-13,15H2,1-8H3/b16-14-. The molecule has 1 aliphatic rings. The van der Waals surface area contributed by atoms with Crippen molar-refractivity contribution in [2.24, 2.45) is 5.41 Å². The highest BCUT2D eigenvalue weighted by Crippen LogP contribution is 2.41. The Labute approximate surface area is 140 Å². The van der Waals surface area contributed by atoms with Gasteiger partial charge in [-0.25, -0.2) is 0 Å². The van der Waals surface area contributed by atoms with Gasteiger partial charge in [0.1, 0.15) is 0 Å². The Bertz CT molecular complexity index is 417. The summed E-state index contributed by atoms with van der Waals surface area (Å²) in [7, 11) is -1.56. The predicted molar refractivity (Wildman–Crippen MR) is 102 cm³/mol. The average molecular weight is 323 g/mol. The highest BCUT2D eigenvalue weighted by Gasteiger charge is 2.35. The molecule has 0 aromatic heterocycles. The number of allylic oxidation sites excluding steroid dienone is 3. The molecule has 1 rings (SSSR count). The maximum absolute atomic E-state index is 6.70. The molecular formula is C20H38OSi. The Hall–Kier alpha value is -0.343. The molecule has 0 spiro atoms.